The fourth-order valence-electron chi connectivity index (χ4n) is 2.03. The third-order valence-corrected chi connectivity index (χ3v) is 4.13. The van der Waals surface area contributed by atoms with E-state index < -0.39 is 34.0 Å². The highest BCUT2D eigenvalue weighted by atomic mass is 32.2. The van der Waals surface area contributed by atoms with Gasteiger partial charge in [0.1, 0.15) is 0 Å². The van der Waals surface area contributed by atoms with Gasteiger partial charge in [-0.05, 0) is 24.8 Å². The summed E-state index contributed by atoms with van der Waals surface area (Å²) in [5, 5.41) is 0. The van der Waals surface area contributed by atoms with Gasteiger partial charge in [0.05, 0.1) is 5.57 Å². The molecule has 0 saturated heterocycles. The van der Waals surface area contributed by atoms with E-state index in [1.807, 2.05) is 30.3 Å². The minimum Gasteiger partial charge on any atom is -0.454 e. The smallest absolute Gasteiger partial charge is 0.454 e. The minimum absolute atomic E-state index is 0.0659. The summed E-state index contributed by atoms with van der Waals surface area (Å²) in [7, 11) is -5.80. The van der Waals surface area contributed by atoms with E-state index >= 15 is 0 Å². The molecule has 0 amide bonds. The number of cyclic esters (lactones) is 1. The summed E-state index contributed by atoms with van der Waals surface area (Å²) in [5.41, 5.74) is -4.74. The number of carbonyl (C=O) groups is 1. The van der Waals surface area contributed by atoms with Gasteiger partial charge in [-0.15, -0.1) is 0 Å². The highest BCUT2D eigenvalue weighted by Gasteiger charge is 2.49. The first kappa shape index (κ1) is 17.3. The summed E-state index contributed by atoms with van der Waals surface area (Å²) in [4.78, 5) is 11.5. The lowest BCUT2D eigenvalue weighted by Crippen LogP contribution is -2.25. The largest absolute Gasteiger partial charge is 0.534 e. The van der Waals surface area contributed by atoms with Gasteiger partial charge in [0, 0.05) is 0 Å². The van der Waals surface area contributed by atoms with Crippen LogP contribution < -0.4 is 0 Å². The maximum atomic E-state index is 12.3. The molecule has 0 N–H and O–H groups in total. The monoisotopic (exact) mass is 350 g/mol. The van der Waals surface area contributed by atoms with Gasteiger partial charge in [0.25, 0.3) is 0 Å². The standard InChI is InChI=1S/C14H13F3O5S/c15-14(16,17)23(19,20)22-12-9-21-13(18)11(12)8-4-7-10-5-2-1-3-6-10/h1-3,5-6H,4,7-9H2. The van der Waals surface area contributed by atoms with Crippen LogP contribution in [0.2, 0.25) is 0 Å². The fraction of sp³-hybridized carbons (Fsp3) is 0.357. The molecule has 1 aromatic carbocycles. The van der Waals surface area contributed by atoms with Gasteiger partial charge >= 0.3 is 21.6 Å². The highest BCUT2D eigenvalue weighted by Crippen LogP contribution is 2.30. The number of esters is 1. The predicted molar refractivity (Wildman–Crippen MR) is 73.4 cm³/mol. The van der Waals surface area contributed by atoms with Crippen LogP contribution >= 0.6 is 0 Å². The quantitative estimate of drug-likeness (QED) is 0.448. The molecule has 0 radical (unpaired) electrons. The van der Waals surface area contributed by atoms with Crippen molar-refractivity contribution in [3.8, 4) is 0 Å². The summed E-state index contributed by atoms with van der Waals surface area (Å²) in [5.74, 6) is -1.45. The van der Waals surface area contributed by atoms with Crippen LogP contribution in [-0.4, -0.2) is 26.5 Å². The van der Waals surface area contributed by atoms with Gasteiger partial charge in [0.15, 0.2) is 12.4 Å². The Morgan fingerprint density at radius 1 is 1.13 bits per heavy atom. The molecule has 0 aliphatic carbocycles. The van der Waals surface area contributed by atoms with Crippen LogP contribution in [0.15, 0.2) is 41.7 Å². The molecule has 0 saturated carbocycles. The summed E-state index contributed by atoms with van der Waals surface area (Å²) in [6, 6.07) is 9.25. The number of carbonyl (C=O) groups excluding carboxylic acids is 1. The molecule has 1 heterocycles. The summed E-state index contributed by atoms with van der Waals surface area (Å²) in [6.07, 6.45) is 1.08. The summed E-state index contributed by atoms with van der Waals surface area (Å²) >= 11 is 0. The lowest BCUT2D eigenvalue weighted by Gasteiger charge is -2.10. The Bertz CT molecular complexity index is 708. The first-order valence-electron chi connectivity index (χ1n) is 6.64. The van der Waals surface area contributed by atoms with Crippen molar-refractivity contribution in [2.45, 2.75) is 24.8 Å². The molecule has 1 aromatic rings. The van der Waals surface area contributed by atoms with E-state index in [1.165, 1.54) is 0 Å². The topological polar surface area (TPSA) is 69.7 Å². The van der Waals surface area contributed by atoms with Crippen molar-refractivity contribution in [1.29, 1.82) is 0 Å². The number of alkyl halides is 3. The molecule has 0 spiro atoms. The van der Waals surface area contributed by atoms with Gasteiger partial charge in [0.2, 0.25) is 0 Å². The molecule has 0 unspecified atom stereocenters. The van der Waals surface area contributed by atoms with E-state index in [-0.39, 0.29) is 12.0 Å². The number of hydrogen-bond donors (Lipinski definition) is 0. The van der Waals surface area contributed by atoms with E-state index in [4.69, 9.17) is 0 Å². The number of hydrogen-bond acceptors (Lipinski definition) is 5. The molecule has 0 fully saturated rings. The molecule has 1 aliphatic heterocycles. The summed E-state index contributed by atoms with van der Waals surface area (Å²) < 4.78 is 67.6. The molecule has 2 rings (SSSR count). The van der Waals surface area contributed by atoms with Gasteiger partial charge in [-0.25, -0.2) is 4.79 Å². The number of halogens is 3. The van der Waals surface area contributed by atoms with E-state index in [0.717, 1.165) is 5.56 Å². The zero-order chi connectivity index (χ0) is 17.1. The molecule has 126 valence electrons. The molecule has 0 aromatic heterocycles. The second-order valence-electron chi connectivity index (χ2n) is 4.80. The van der Waals surface area contributed by atoms with E-state index in [1.54, 1.807) is 0 Å². The van der Waals surface area contributed by atoms with Gasteiger partial charge in [-0.1, -0.05) is 30.3 Å². The Morgan fingerprint density at radius 2 is 1.78 bits per heavy atom. The zero-order valence-corrected chi connectivity index (χ0v) is 12.6. The fourth-order valence-corrected chi connectivity index (χ4v) is 2.54. The molecule has 9 heteroatoms. The second kappa shape index (κ2) is 6.61. The third-order valence-electron chi connectivity index (χ3n) is 3.15. The highest BCUT2D eigenvalue weighted by molar-refractivity contribution is 7.87. The van der Waals surface area contributed by atoms with Crippen molar-refractivity contribution in [2.75, 3.05) is 6.61 Å². The van der Waals surface area contributed by atoms with Crippen molar-refractivity contribution >= 4 is 16.1 Å². The Hall–Kier alpha value is -2.03. The molecule has 1 aliphatic rings. The van der Waals surface area contributed by atoms with E-state index in [2.05, 4.69) is 8.92 Å². The minimum atomic E-state index is -5.80. The molecular formula is C14H13F3O5S. The van der Waals surface area contributed by atoms with Crippen LogP contribution in [0.1, 0.15) is 18.4 Å². The summed E-state index contributed by atoms with van der Waals surface area (Å²) in [6.45, 7) is -0.616. The van der Waals surface area contributed by atoms with Gasteiger partial charge < -0.3 is 8.92 Å². The van der Waals surface area contributed by atoms with Crippen molar-refractivity contribution in [3.63, 3.8) is 0 Å². The lowest BCUT2D eigenvalue weighted by molar-refractivity contribution is -0.136. The normalized spacial score (nSPS) is 15.7. The number of benzene rings is 1. The first-order chi connectivity index (χ1) is 10.7. The zero-order valence-electron chi connectivity index (χ0n) is 11.8. The average molecular weight is 350 g/mol. The van der Waals surface area contributed by atoms with Crippen LogP contribution in [0.3, 0.4) is 0 Å². The number of ether oxygens (including phenoxy) is 1. The average Bonchev–Trinajstić information content (AvgIpc) is 2.79. The van der Waals surface area contributed by atoms with Crippen molar-refractivity contribution in [3.05, 3.63) is 47.2 Å². The number of aryl methyl sites for hydroxylation is 1. The lowest BCUT2D eigenvalue weighted by atomic mass is 10.0. The predicted octanol–water partition coefficient (Wildman–Crippen LogP) is 2.69. The van der Waals surface area contributed by atoms with Crippen molar-refractivity contribution < 1.29 is 35.3 Å². The Balaban J connectivity index is 2.06. The first-order valence-corrected chi connectivity index (χ1v) is 8.05. The van der Waals surface area contributed by atoms with Crippen LogP contribution in [-0.2, 0) is 30.3 Å². The maximum Gasteiger partial charge on any atom is 0.534 e. The third kappa shape index (κ3) is 4.25. The van der Waals surface area contributed by atoms with Crippen molar-refractivity contribution in [1.82, 2.24) is 0 Å². The van der Waals surface area contributed by atoms with Crippen LogP contribution in [0.25, 0.3) is 0 Å². The molecule has 0 atom stereocenters. The van der Waals surface area contributed by atoms with Crippen LogP contribution in [0.4, 0.5) is 13.2 Å². The Kier molecular flexibility index (Phi) is 4.98. The van der Waals surface area contributed by atoms with E-state index in [9.17, 15) is 26.4 Å². The SMILES string of the molecule is O=C1OCC(OS(=O)(=O)C(F)(F)F)=C1CCCc1ccccc1. The van der Waals surface area contributed by atoms with Gasteiger partial charge in [-0.3, -0.25) is 0 Å². The Morgan fingerprint density at radius 3 is 2.39 bits per heavy atom. The maximum absolute atomic E-state index is 12.3. The molecule has 5 nitrogen and oxygen atoms in total. The Labute approximate surface area is 130 Å². The van der Waals surface area contributed by atoms with Crippen molar-refractivity contribution in [2.24, 2.45) is 0 Å². The number of rotatable bonds is 6. The van der Waals surface area contributed by atoms with E-state index in [0.29, 0.717) is 12.8 Å². The molecule has 23 heavy (non-hydrogen) atoms. The van der Waals surface area contributed by atoms with Crippen LogP contribution in [0.5, 0.6) is 0 Å². The van der Waals surface area contributed by atoms with Crippen LogP contribution in [0, 0.1) is 0 Å². The molecular weight excluding hydrogens is 337 g/mol. The molecule has 0 bridgehead atoms. The van der Waals surface area contributed by atoms with Gasteiger partial charge in [-0.2, -0.15) is 21.6 Å². The second-order valence-corrected chi connectivity index (χ2v) is 6.34.